The first kappa shape index (κ1) is 19.1. The molecular weight excluding hydrogens is 324 g/mol. The number of nitrogens with one attached hydrogen (secondary N) is 2. The number of hydrogen-bond donors (Lipinski definition) is 2. The summed E-state index contributed by atoms with van der Waals surface area (Å²) in [6.45, 7) is 9.42. The minimum atomic E-state index is 0.142. The van der Waals surface area contributed by atoms with Crippen LogP contribution in [0.1, 0.15) is 38.8 Å². The summed E-state index contributed by atoms with van der Waals surface area (Å²) >= 11 is 1.83. The normalized spacial score (nSPS) is 18.4. The zero-order valence-corrected chi connectivity index (χ0v) is 16.2. The smallest absolute Gasteiger partial charge is 0.191 e. The highest BCUT2D eigenvalue weighted by atomic mass is 32.2. The van der Waals surface area contributed by atoms with Crippen molar-refractivity contribution in [2.45, 2.75) is 57.6 Å². The van der Waals surface area contributed by atoms with Gasteiger partial charge in [0.05, 0.1) is 13.1 Å². The predicted octanol–water partition coefficient (Wildman–Crippen LogP) is 1.44. The molecule has 8 heteroatoms. The first-order valence-corrected chi connectivity index (χ1v) is 9.71. The van der Waals surface area contributed by atoms with E-state index in [1.807, 2.05) is 16.4 Å². The average molecular weight is 355 g/mol. The van der Waals surface area contributed by atoms with Crippen LogP contribution >= 0.6 is 11.8 Å². The molecule has 24 heavy (non-hydrogen) atoms. The lowest BCUT2D eigenvalue weighted by Crippen LogP contribution is -2.47. The van der Waals surface area contributed by atoms with Crippen LogP contribution in [-0.4, -0.2) is 58.0 Å². The number of fused-ring (bicyclic) bond motifs is 1. The number of nitrogens with zero attached hydrogens (tertiary/aromatic N) is 4. The highest BCUT2D eigenvalue weighted by Gasteiger charge is 2.23. The van der Waals surface area contributed by atoms with Crippen LogP contribution in [-0.2, 0) is 24.3 Å². The van der Waals surface area contributed by atoms with E-state index in [9.17, 15) is 0 Å². The number of aliphatic imine (C=N–C) groups is 1. The molecule has 2 heterocycles. The third-order valence-electron chi connectivity index (χ3n) is 4.03. The number of aryl methyl sites for hydroxylation is 1. The second-order valence-corrected chi connectivity index (χ2v) is 8.11. The van der Waals surface area contributed by atoms with Crippen LogP contribution in [0.25, 0.3) is 0 Å². The zero-order valence-electron chi connectivity index (χ0n) is 15.4. The average Bonchev–Trinajstić information content (AvgIpc) is 2.95. The van der Waals surface area contributed by atoms with E-state index in [0.29, 0.717) is 12.6 Å². The minimum absolute atomic E-state index is 0.142. The van der Waals surface area contributed by atoms with Gasteiger partial charge in [-0.05, 0) is 33.4 Å². The second-order valence-electron chi connectivity index (χ2n) is 6.60. The molecule has 0 spiro atoms. The van der Waals surface area contributed by atoms with Gasteiger partial charge < -0.3 is 15.4 Å². The highest BCUT2D eigenvalue weighted by molar-refractivity contribution is 7.99. The van der Waals surface area contributed by atoms with E-state index in [4.69, 9.17) is 9.73 Å². The molecule has 2 N–H and O–H groups in total. The molecule has 1 aromatic heterocycles. The van der Waals surface area contributed by atoms with E-state index >= 15 is 0 Å². The Bertz CT molecular complexity index is 557. The molecule has 1 atom stereocenters. The molecular formula is C16H30N6OS. The standard InChI is InChI=1S/C16H30N6OS/c1-6-17-15(18-11-16(2,3)24-5)19-12-7-8-14-20-13(10-23-4)21-22(14)9-12/h12H,6-11H2,1-5H3,(H2,17,18,19). The van der Waals surface area contributed by atoms with E-state index in [2.05, 4.69) is 47.7 Å². The lowest BCUT2D eigenvalue weighted by Gasteiger charge is -2.26. The summed E-state index contributed by atoms with van der Waals surface area (Å²) in [4.78, 5) is 9.27. The summed E-state index contributed by atoms with van der Waals surface area (Å²) in [6, 6.07) is 0.310. The number of guanidine groups is 1. The fraction of sp³-hybridized carbons (Fsp3) is 0.812. The first-order chi connectivity index (χ1) is 11.5. The van der Waals surface area contributed by atoms with E-state index < -0.39 is 0 Å². The van der Waals surface area contributed by atoms with Gasteiger partial charge >= 0.3 is 0 Å². The number of ether oxygens (including phenoxy) is 1. The fourth-order valence-electron chi connectivity index (χ4n) is 2.52. The van der Waals surface area contributed by atoms with Crippen molar-refractivity contribution in [3.63, 3.8) is 0 Å². The number of rotatable bonds is 7. The molecule has 1 unspecified atom stereocenters. The van der Waals surface area contributed by atoms with Gasteiger partial charge in [0.2, 0.25) is 0 Å². The van der Waals surface area contributed by atoms with Crippen LogP contribution < -0.4 is 10.6 Å². The van der Waals surface area contributed by atoms with Crippen molar-refractivity contribution in [2.75, 3.05) is 26.5 Å². The highest BCUT2D eigenvalue weighted by Crippen LogP contribution is 2.21. The molecule has 0 radical (unpaired) electrons. The Morgan fingerprint density at radius 2 is 2.29 bits per heavy atom. The van der Waals surface area contributed by atoms with Gasteiger partial charge in [0.25, 0.3) is 0 Å². The molecule has 0 saturated carbocycles. The van der Waals surface area contributed by atoms with E-state index in [1.165, 1.54) is 0 Å². The Morgan fingerprint density at radius 1 is 1.50 bits per heavy atom. The molecule has 0 aliphatic carbocycles. The molecule has 1 aromatic rings. The molecule has 1 aliphatic rings. The van der Waals surface area contributed by atoms with Gasteiger partial charge in [-0.1, -0.05) is 0 Å². The molecule has 0 fully saturated rings. The van der Waals surface area contributed by atoms with Crippen molar-refractivity contribution in [3.8, 4) is 0 Å². The van der Waals surface area contributed by atoms with E-state index in [0.717, 1.165) is 50.1 Å². The summed E-state index contributed by atoms with van der Waals surface area (Å²) in [5.74, 6) is 2.69. The summed E-state index contributed by atoms with van der Waals surface area (Å²) in [6.07, 6.45) is 4.08. The molecule has 0 amide bonds. The van der Waals surface area contributed by atoms with E-state index in [1.54, 1.807) is 7.11 Å². The van der Waals surface area contributed by atoms with Gasteiger partial charge in [-0.15, -0.1) is 0 Å². The van der Waals surface area contributed by atoms with Gasteiger partial charge in [-0.3, -0.25) is 4.99 Å². The molecule has 2 rings (SSSR count). The maximum absolute atomic E-state index is 5.12. The number of methoxy groups -OCH3 is 1. The molecule has 7 nitrogen and oxygen atoms in total. The quantitative estimate of drug-likeness (QED) is 0.570. The third kappa shape index (κ3) is 5.37. The van der Waals surface area contributed by atoms with Gasteiger partial charge in [0.15, 0.2) is 11.8 Å². The van der Waals surface area contributed by atoms with Crippen molar-refractivity contribution in [1.29, 1.82) is 0 Å². The molecule has 1 aliphatic heterocycles. The van der Waals surface area contributed by atoms with Crippen molar-refractivity contribution in [3.05, 3.63) is 11.6 Å². The largest absolute Gasteiger partial charge is 0.377 e. The topological polar surface area (TPSA) is 76.4 Å². The van der Waals surface area contributed by atoms with Crippen LogP contribution in [0, 0.1) is 0 Å². The Balaban J connectivity index is 1.98. The van der Waals surface area contributed by atoms with Gasteiger partial charge in [0, 0.05) is 30.9 Å². The number of hydrogen-bond acceptors (Lipinski definition) is 5. The summed E-state index contributed by atoms with van der Waals surface area (Å²) in [5.41, 5.74) is 0. The maximum Gasteiger partial charge on any atom is 0.191 e. The van der Waals surface area contributed by atoms with Gasteiger partial charge in [0.1, 0.15) is 12.4 Å². The Labute approximate surface area is 149 Å². The van der Waals surface area contributed by atoms with Crippen LogP contribution in [0.3, 0.4) is 0 Å². The van der Waals surface area contributed by atoms with Crippen molar-refractivity contribution < 1.29 is 4.74 Å². The summed E-state index contributed by atoms with van der Waals surface area (Å²) in [5, 5.41) is 11.4. The van der Waals surface area contributed by atoms with Gasteiger partial charge in [-0.2, -0.15) is 16.9 Å². The lowest BCUT2D eigenvalue weighted by atomic mass is 10.1. The minimum Gasteiger partial charge on any atom is -0.377 e. The van der Waals surface area contributed by atoms with E-state index in [-0.39, 0.29) is 4.75 Å². The zero-order chi connectivity index (χ0) is 17.6. The molecule has 0 aromatic carbocycles. The third-order valence-corrected chi connectivity index (χ3v) is 5.27. The monoisotopic (exact) mass is 354 g/mol. The van der Waals surface area contributed by atoms with Gasteiger partial charge in [-0.25, -0.2) is 9.67 Å². The van der Waals surface area contributed by atoms with Crippen molar-refractivity contribution in [1.82, 2.24) is 25.4 Å². The predicted molar refractivity (Wildman–Crippen MR) is 99.6 cm³/mol. The second kappa shape index (κ2) is 8.71. The summed E-state index contributed by atoms with van der Waals surface area (Å²) in [7, 11) is 1.67. The Kier molecular flexibility index (Phi) is 6.91. The Hall–Kier alpha value is -1.28. The fourth-order valence-corrected chi connectivity index (χ4v) is 2.71. The summed E-state index contributed by atoms with van der Waals surface area (Å²) < 4.78 is 7.25. The molecule has 136 valence electrons. The first-order valence-electron chi connectivity index (χ1n) is 8.49. The van der Waals surface area contributed by atoms with Crippen LogP contribution in [0.15, 0.2) is 4.99 Å². The lowest BCUT2D eigenvalue weighted by molar-refractivity contribution is 0.177. The van der Waals surface area contributed by atoms with Crippen LogP contribution in [0.5, 0.6) is 0 Å². The van der Waals surface area contributed by atoms with Crippen LogP contribution in [0.2, 0.25) is 0 Å². The number of aromatic nitrogens is 3. The Morgan fingerprint density at radius 3 is 2.96 bits per heavy atom. The van der Waals surface area contributed by atoms with Crippen molar-refractivity contribution >= 4 is 17.7 Å². The maximum atomic E-state index is 5.12. The molecule has 0 saturated heterocycles. The molecule has 0 bridgehead atoms. The van der Waals surface area contributed by atoms with Crippen molar-refractivity contribution in [2.24, 2.45) is 4.99 Å². The SMILES string of the molecule is CCNC(=NCC(C)(C)SC)NC1CCc2nc(COC)nn2C1. The van der Waals surface area contributed by atoms with Crippen LogP contribution in [0.4, 0.5) is 0 Å². The number of thioether (sulfide) groups is 1.